The van der Waals surface area contributed by atoms with E-state index < -0.39 is 0 Å². The van der Waals surface area contributed by atoms with Crippen molar-refractivity contribution in [1.29, 1.82) is 0 Å². The molecule has 1 aliphatic rings. The minimum Gasteiger partial charge on any atom is -0.354 e. The van der Waals surface area contributed by atoms with Crippen LogP contribution in [0.5, 0.6) is 0 Å². The number of likely N-dealkylation sites (tertiary alicyclic amines) is 1. The molecular weight excluding hydrogens is 498 g/mol. The van der Waals surface area contributed by atoms with Crippen LogP contribution in [-0.2, 0) is 18.5 Å². The third kappa shape index (κ3) is 7.19. The summed E-state index contributed by atoms with van der Waals surface area (Å²) in [6.07, 6.45) is 2.05. The second kappa shape index (κ2) is 11.0. The molecule has 0 unspecified atom stereocenters. The summed E-state index contributed by atoms with van der Waals surface area (Å²) in [6, 6.07) is 7.12. The van der Waals surface area contributed by atoms with Gasteiger partial charge in [0.1, 0.15) is 5.82 Å². The Morgan fingerprint density at radius 3 is 2.47 bits per heavy atom. The molecule has 0 atom stereocenters. The first-order valence-corrected chi connectivity index (χ1v) is 10.1. The largest absolute Gasteiger partial charge is 0.354 e. The van der Waals surface area contributed by atoms with Crippen molar-refractivity contribution in [2.75, 3.05) is 20.1 Å². The predicted molar refractivity (Wildman–Crippen MR) is 126 cm³/mol. The number of aromatic nitrogens is 2. The molecular formula is C21H32FIN6O. The zero-order chi connectivity index (χ0) is 20.9. The van der Waals surface area contributed by atoms with Crippen LogP contribution >= 0.6 is 24.0 Å². The number of piperidine rings is 1. The molecule has 1 saturated heterocycles. The lowest BCUT2D eigenvalue weighted by atomic mass is 9.97. The van der Waals surface area contributed by atoms with Crippen molar-refractivity contribution in [2.24, 2.45) is 4.99 Å². The SMILES string of the molecule is CN=C(NCc1noc(C(C)(C)C)n1)NC1CCN(Cc2ccc(F)cc2)CC1.I. The molecule has 1 aromatic carbocycles. The third-order valence-electron chi connectivity index (χ3n) is 5.00. The molecule has 30 heavy (non-hydrogen) atoms. The fraction of sp³-hybridized carbons (Fsp3) is 0.571. The quantitative estimate of drug-likeness (QED) is 0.351. The molecule has 3 rings (SSSR count). The van der Waals surface area contributed by atoms with Gasteiger partial charge in [-0.25, -0.2) is 4.39 Å². The molecule has 2 N–H and O–H groups in total. The lowest BCUT2D eigenvalue weighted by Gasteiger charge is -2.33. The standard InChI is InChI=1S/C21H31FN6O.HI/c1-21(2,3)19-26-18(27-29-19)13-24-20(23-4)25-17-9-11-28(12-10-17)14-15-5-7-16(22)8-6-15;/h5-8,17H,9-14H2,1-4H3,(H2,23,24,25);1H. The van der Waals surface area contributed by atoms with Crippen LogP contribution in [0, 0.1) is 5.82 Å². The molecule has 0 radical (unpaired) electrons. The van der Waals surface area contributed by atoms with E-state index in [0.717, 1.165) is 44.0 Å². The molecule has 2 heterocycles. The highest BCUT2D eigenvalue weighted by molar-refractivity contribution is 14.0. The second-order valence-electron chi connectivity index (χ2n) is 8.51. The number of hydrogen-bond donors (Lipinski definition) is 2. The van der Waals surface area contributed by atoms with Gasteiger partial charge in [-0.2, -0.15) is 4.98 Å². The van der Waals surface area contributed by atoms with E-state index in [4.69, 9.17) is 4.52 Å². The summed E-state index contributed by atoms with van der Waals surface area (Å²) < 4.78 is 18.4. The molecule has 1 aliphatic heterocycles. The molecule has 166 valence electrons. The van der Waals surface area contributed by atoms with Crippen molar-refractivity contribution in [3.8, 4) is 0 Å². The van der Waals surface area contributed by atoms with Gasteiger partial charge in [0.2, 0.25) is 5.89 Å². The Morgan fingerprint density at radius 2 is 1.90 bits per heavy atom. The highest BCUT2D eigenvalue weighted by atomic mass is 127. The van der Waals surface area contributed by atoms with E-state index >= 15 is 0 Å². The van der Waals surface area contributed by atoms with E-state index in [1.807, 2.05) is 32.9 Å². The zero-order valence-corrected chi connectivity index (χ0v) is 20.4. The number of benzene rings is 1. The third-order valence-corrected chi connectivity index (χ3v) is 5.00. The molecule has 1 fully saturated rings. The smallest absolute Gasteiger partial charge is 0.232 e. The maximum atomic E-state index is 13.0. The van der Waals surface area contributed by atoms with Gasteiger partial charge in [0.05, 0.1) is 6.54 Å². The van der Waals surface area contributed by atoms with Gasteiger partial charge in [0.15, 0.2) is 11.8 Å². The molecule has 9 heteroatoms. The Morgan fingerprint density at radius 1 is 1.23 bits per heavy atom. The number of halogens is 2. The summed E-state index contributed by atoms with van der Waals surface area (Å²) in [4.78, 5) is 11.1. The van der Waals surface area contributed by atoms with Crippen LogP contribution in [0.3, 0.4) is 0 Å². The number of nitrogens with zero attached hydrogens (tertiary/aromatic N) is 4. The normalized spacial score (nSPS) is 16.2. The van der Waals surface area contributed by atoms with Crippen LogP contribution in [0.15, 0.2) is 33.8 Å². The molecule has 0 bridgehead atoms. The van der Waals surface area contributed by atoms with Gasteiger partial charge in [-0.3, -0.25) is 9.89 Å². The van der Waals surface area contributed by atoms with E-state index in [2.05, 4.69) is 30.7 Å². The summed E-state index contributed by atoms with van der Waals surface area (Å²) in [5.41, 5.74) is 0.984. The molecule has 0 spiro atoms. The van der Waals surface area contributed by atoms with E-state index in [0.29, 0.717) is 24.3 Å². The molecule has 0 amide bonds. The van der Waals surface area contributed by atoms with Crippen molar-refractivity contribution in [1.82, 2.24) is 25.7 Å². The monoisotopic (exact) mass is 530 g/mol. The highest BCUT2D eigenvalue weighted by Gasteiger charge is 2.22. The summed E-state index contributed by atoms with van der Waals surface area (Å²) in [5, 5.41) is 10.8. The lowest BCUT2D eigenvalue weighted by molar-refractivity contribution is 0.198. The van der Waals surface area contributed by atoms with Gasteiger partial charge < -0.3 is 15.2 Å². The first kappa shape index (κ1) is 24.5. The van der Waals surface area contributed by atoms with E-state index in [1.54, 1.807) is 7.05 Å². The Labute approximate surface area is 194 Å². The number of aliphatic imine (C=N–C) groups is 1. The van der Waals surface area contributed by atoms with Gasteiger partial charge >= 0.3 is 0 Å². The predicted octanol–water partition coefficient (Wildman–Crippen LogP) is 3.45. The van der Waals surface area contributed by atoms with Gasteiger partial charge in [0.25, 0.3) is 0 Å². The van der Waals surface area contributed by atoms with Crippen molar-refractivity contribution >= 4 is 29.9 Å². The number of hydrogen-bond acceptors (Lipinski definition) is 5. The van der Waals surface area contributed by atoms with Crippen molar-refractivity contribution in [2.45, 2.75) is 58.2 Å². The highest BCUT2D eigenvalue weighted by Crippen LogP contribution is 2.19. The summed E-state index contributed by atoms with van der Waals surface area (Å²) >= 11 is 0. The fourth-order valence-corrected chi connectivity index (χ4v) is 3.26. The van der Waals surface area contributed by atoms with Gasteiger partial charge in [0, 0.05) is 38.1 Å². The van der Waals surface area contributed by atoms with Gasteiger partial charge in [-0.15, -0.1) is 24.0 Å². The number of nitrogens with one attached hydrogen (secondary N) is 2. The van der Waals surface area contributed by atoms with Crippen LogP contribution in [0.2, 0.25) is 0 Å². The molecule has 7 nitrogen and oxygen atoms in total. The Hall–Kier alpha value is -1.75. The fourth-order valence-electron chi connectivity index (χ4n) is 3.26. The molecule has 1 aromatic heterocycles. The second-order valence-corrected chi connectivity index (χ2v) is 8.51. The maximum absolute atomic E-state index is 13.0. The van der Waals surface area contributed by atoms with Crippen molar-refractivity contribution in [3.05, 3.63) is 47.4 Å². The Balaban J connectivity index is 0.00000320. The van der Waals surface area contributed by atoms with Crippen LogP contribution in [-0.4, -0.2) is 47.2 Å². The maximum Gasteiger partial charge on any atom is 0.232 e. The average Bonchev–Trinajstić information content (AvgIpc) is 3.18. The van der Waals surface area contributed by atoms with Crippen LogP contribution in [0.25, 0.3) is 0 Å². The minimum absolute atomic E-state index is 0. The average molecular weight is 530 g/mol. The summed E-state index contributed by atoms with van der Waals surface area (Å²) in [7, 11) is 1.76. The van der Waals surface area contributed by atoms with Crippen LogP contribution < -0.4 is 10.6 Å². The van der Waals surface area contributed by atoms with E-state index in [9.17, 15) is 4.39 Å². The number of guanidine groups is 1. The Bertz CT molecular complexity index is 810. The molecule has 0 aliphatic carbocycles. The van der Waals surface area contributed by atoms with Crippen molar-refractivity contribution < 1.29 is 8.91 Å². The van der Waals surface area contributed by atoms with E-state index in [-0.39, 0.29) is 35.2 Å². The van der Waals surface area contributed by atoms with Crippen LogP contribution in [0.4, 0.5) is 4.39 Å². The summed E-state index contributed by atoms with van der Waals surface area (Å²) in [6.45, 7) is 9.43. The first-order valence-electron chi connectivity index (χ1n) is 10.1. The topological polar surface area (TPSA) is 78.6 Å². The van der Waals surface area contributed by atoms with Crippen molar-refractivity contribution in [3.63, 3.8) is 0 Å². The van der Waals surface area contributed by atoms with Crippen LogP contribution in [0.1, 0.15) is 50.9 Å². The van der Waals surface area contributed by atoms with Gasteiger partial charge in [-0.1, -0.05) is 38.1 Å². The lowest BCUT2D eigenvalue weighted by Crippen LogP contribution is -2.48. The minimum atomic E-state index is -0.189. The number of rotatable bonds is 5. The zero-order valence-electron chi connectivity index (χ0n) is 18.1. The Kier molecular flexibility index (Phi) is 9.02. The first-order chi connectivity index (χ1) is 13.8. The molecule has 0 saturated carbocycles. The summed E-state index contributed by atoms with van der Waals surface area (Å²) in [5.74, 6) is 1.80. The molecule has 2 aromatic rings. The van der Waals surface area contributed by atoms with E-state index in [1.165, 1.54) is 12.1 Å². The van der Waals surface area contributed by atoms with Gasteiger partial charge in [-0.05, 0) is 30.5 Å².